The highest BCUT2D eigenvalue weighted by Crippen LogP contribution is 2.25. The minimum atomic E-state index is 0.408. The van der Waals surface area contributed by atoms with E-state index in [1.807, 2.05) is 36.4 Å². The maximum absolute atomic E-state index is 8.80. The molecule has 0 bridgehead atoms. The summed E-state index contributed by atoms with van der Waals surface area (Å²) in [4.78, 5) is 4.15. The lowest BCUT2D eigenvalue weighted by molar-refractivity contribution is 0.328. The van der Waals surface area contributed by atoms with Gasteiger partial charge in [-0.25, -0.2) is 4.98 Å². The van der Waals surface area contributed by atoms with Crippen LogP contribution < -0.4 is 10.1 Å². The number of pyridine rings is 1. The molecule has 108 valence electrons. The lowest BCUT2D eigenvalue weighted by Gasteiger charge is -2.14. The molecule has 2 rings (SSSR count). The topological polar surface area (TPSA) is 57.9 Å². The smallest absolute Gasteiger partial charge is 0.142 e. The molecule has 0 unspecified atom stereocenters. The Morgan fingerprint density at radius 1 is 1.19 bits per heavy atom. The van der Waals surface area contributed by atoms with Gasteiger partial charge in [-0.3, -0.25) is 0 Å². The Balaban J connectivity index is 1.86. The average molecular weight is 281 g/mol. The van der Waals surface area contributed by atoms with Crippen LogP contribution in [0, 0.1) is 11.3 Å². The summed E-state index contributed by atoms with van der Waals surface area (Å²) in [6.07, 6.45) is 0. The number of hydrogen-bond donors (Lipinski definition) is 1. The standard InChI is InChI=1S/C17H19N3O/c1-13(2)15-7-3-4-8-16(15)21-11-10-19-17-9-5-6-14(12-18)20-17/h3-9,13H,10-11H2,1-2H3,(H,19,20). The van der Waals surface area contributed by atoms with Gasteiger partial charge in [0.05, 0.1) is 6.54 Å². The van der Waals surface area contributed by atoms with Crippen molar-refractivity contribution >= 4 is 5.82 Å². The molecule has 0 saturated carbocycles. The van der Waals surface area contributed by atoms with Gasteiger partial charge in [-0.15, -0.1) is 0 Å². The van der Waals surface area contributed by atoms with Gasteiger partial charge >= 0.3 is 0 Å². The molecule has 0 fully saturated rings. The van der Waals surface area contributed by atoms with Crippen LogP contribution in [0.5, 0.6) is 5.75 Å². The minimum absolute atomic E-state index is 0.408. The molecular weight excluding hydrogens is 262 g/mol. The Kier molecular flexibility index (Phi) is 5.16. The van der Waals surface area contributed by atoms with Gasteiger partial charge in [0, 0.05) is 0 Å². The first-order valence-corrected chi connectivity index (χ1v) is 7.03. The summed E-state index contributed by atoms with van der Waals surface area (Å²) < 4.78 is 5.82. The van der Waals surface area contributed by atoms with Gasteiger partial charge in [-0.05, 0) is 29.7 Å². The van der Waals surface area contributed by atoms with Gasteiger partial charge in [0.25, 0.3) is 0 Å². The fourth-order valence-electron chi connectivity index (χ4n) is 2.02. The molecule has 0 radical (unpaired) electrons. The third kappa shape index (κ3) is 4.22. The van der Waals surface area contributed by atoms with E-state index < -0.39 is 0 Å². The number of nitrogens with one attached hydrogen (secondary N) is 1. The highest BCUT2D eigenvalue weighted by atomic mass is 16.5. The third-order valence-corrected chi connectivity index (χ3v) is 3.07. The molecule has 0 spiro atoms. The van der Waals surface area contributed by atoms with Crippen LogP contribution in [0.3, 0.4) is 0 Å². The lowest BCUT2D eigenvalue weighted by Crippen LogP contribution is -2.13. The second kappa shape index (κ2) is 7.30. The highest BCUT2D eigenvalue weighted by molar-refractivity contribution is 5.38. The number of benzene rings is 1. The van der Waals surface area contributed by atoms with Gasteiger partial charge in [-0.2, -0.15) is 5.26 Å². The van der Waals surface area contributed by atoms with Crippen molar-refractivity contribution in [1.82, 2.24) is 4.98 Å². The fraction of sp³-hybridized carbons (Fsp3) is 0.294. The van der Waals surface area contributed by atoms with E-state index in [1.165, 1.54) is 5.56 Å². The summed E-state index contributed by atoms with van der Waals surface area (Å²) in [5.74, 6) is 2.05. The number of nitrogens with zero attached hydrogens (tertiary/aromatic N) is 2. The maximum Gasteiger partial charge on any atom is 0.142 e. The summed E-state index contributed by atoms with van der Waals surface area (Å²) in [6.45, 7) is 5.48. The number of hydrogen-bond acceptors (Lipinski definition) is 4. The van der Waals surface area contributed by atoms with Crippen molar-refractivity contribution in [2.45, 2.75) is 19.8 Å². The molecule has 0 amide bonds. The van der Waals surface area contributed by atoms with Gasteiger partial charge < -0.3 is 10.1 Å². The van der Waals surface area contributed by atoms with Gasteiger partial charge in [0.1, 0.15) is 29.9 Å². The number of nitriles is 1. The molecule has 0 aliphatic carbocycles. The van der Waals surface area contributed by atoms with Crippen molar-refractivity contribution < 1.29 is 4.74 Å². The summed E-state index contributed by atoms with van der Waals surface area (Å²) in [6, 6.07) is 15.4. The monoisotopic (exact) mass is 281 g/mol. The predicted octanol–water partition coefficient (Wildman–Crippen LogP) is 3.57. The third-order valence-electron chi connectivity index (χ3n) is 3.07. The van der Waals surface area contributed by atoms with Crippen LogP contribution in [-0.4, -0.2) is 18.1 Å². The maximum atomic E-state index is 8.80. The molecule has 2 aromatic rings. The molecule has 21 heavy (non-hydrogen) atoms. The van der Waals surface area contributed by atoms with Crippen LogP contribution in [-0.2, 0) is 0 Å². The van der Waals surface area contributed by atoms with Crippen molar-refractivity contribution in [3.05, 3.63) is 53.7 Å². The normalized spacial score (nSPS) is 10.2. The zero-order chi connectivity index (χ0) is 15.1. The SMILES string of the molecule is CC(C)c1ccccc1OCCNc1cccc(C#N)n1. The largest absolute Gasteiger partial charge is 0.491 e. The molecule has 1 heterocycles. The van der Waals surface area contributed by atoms with E-state index in [4.69, 9.17) is 10.00 Å². The van der Waals surface area contributed by atoms with Crippen LogP contribution in [0.15, 0.2) is 42.5 Å². The Hall–Kier alpha value is -2.54. The van der Waals surface area contributed by atoms with Crippen molar-refractivity contribution in [3.8, 4) is 11.8 Å². The molecule has 4 heteroatoms. The van der Waals surface area contributed by atoms with Gasteiger partial charge in [0.2, 0.25) is 0 Å². The summed E-state index contributed by atoms with van der Waals surface area (Å²) in [5, 5.41) is 12.0. The Labute approximate surface area is 125 Å². The highest BCUT2D eigenvalue weighted by Gasteiger charge is 2.06. The molecular formula is C17H19N3O. The van der Waals surface area contributed by atoms with Gasteiger partial charge in [0.15, 0.2) is 0 Å². The van der Waals surface area contributed by atoms with Crippen LogP contribution in [0.4, 0.5) is 5.82 Å². The van der Waals surface area contributed by atoms with Crippen LogP contribution in [0.25, 0.3) is 0 Å². The number of aromatic nitrogens is 1. The average Bonchev–Trinajstić information content (AvgIpc) is 2.52. The molecule has 0 saturated heterocycles. The van der Waals surface area contributed by atoms with Crippen LogP contribution >= 0.6 is 0 Å². The van der Waals surface area contributed by atoms with E-state index in [0.29, 0.717) is 30.6 Å². The quantitative estimate of drug-likeness (QED) is 0.822. The van der Waals surface area contributed by atoms with E-state index in [0.717, 1.165) is 5.75 Å². The van der Waals surface area contributed by atoms with E-state index in [2.05, 4.69) is 30.2 Å². The van der Waals surface area contributed by atoms with Gasteiger partial charge in [-0.1, -0.05) is 38.1 Å². The van der Waals surface area contributed by atoms with E-state index in [1.54, 1.807) is 6.07 Å². The number of rotatable bonds is 6. The molecule has 0 aliphatic heterocycles. The van der Waals surface area contributed by atoms with Crippen molar-refractivity contribution in [3.63, 3.8) is 0 Å². The second-order valence-electron chi connectivity index (χ2n) is 4.99. The predicted molar refractivity (Wildman–Crippen MR) is 83.5 cm³/mol. The zero-order valence-electron chi connectivity index (χ0n) is 12.3. The Morgan fingerprint density at radius 3 is 2.76 bits per heavy atom. The Bertz CT molecular complexity index is 632. The number of para-hydroxylation sites is 1. The lowest BCUT2D eigenvalue weighted by atomic mass is 10.0. The molecule has 1 aromatic heterocycles. The van der Waals surface area contributed by atoms with E-state index in [-0.39, 0.29) is 0 Å². The molecule has 0 atom stereocenters. The number of anilines is 1. The second-order valence-corrected chi connectivity index (χ2v) is 4.99. The van der Waals surface area contributed by atoms with E-state index in [9.17, 15) is 0 Å². The Morgan fingerprint density at radius 2 is 2.00 bits per heavy atom. The van der Waals surface area contributed by atoms with Crippen LogP contribution in [0.2, 0.25) is 0 Å². The summed E-state index contributed by atoms with van der Waals surface area (Å²) in [7, 11) is 0. The fourth-order valence-corrected chi connectivity index (χ4v) is 2.02. The molecule has 1 aromatic carbocycles. The first-order chi connectivity index (χ1) is 10.2. The molecule has 1 N–H and O–H groups in total. The zero-order valence-corrected chi connectivity index (χ0v) is 12.3. The van der Waals surface area contributed by atoms with Crippen molar-refractivity contribution in [2.24, 2.45) is 0 Å². The summed E-state index contributed by atoms with van der Waals surface area (Å²) in [5.41, 5.74) is 1.62. The molecule has 0 aliphatic rings. The minimum Gasteiger partial charge on any atom is -0.491 e. The summed E-state index contributed by atoms with van der Waals surface area (Å²) >= 11 is 0. The van der Waals surface area contributed by atoms with E-state index >= 15 is 0 Å². The first kappa shape index (κ1) is 14.9. The van der Waals surface area contributed by atoms with Crippen molar-refractivity contribution in [1.29, 1.82) is 5.26 Å². The van der Waals surface area contributed by atoms with Crippen molar-refractivity contribution in [2.75, 3.05) is 18.5 Å². The molecule has 4 nitrogen and oxygen atoms in total. The first-order valence-electron chi connectivity index (χ1n) is 7.03. The van der Waals surface area contributed by atoms with Crippen LogP contribution in [0.1, 0.15) is 31.0 Å². The number of ether oxygens (including phenoxy) is 1.